The van der Waals surface area contributed by atoms with Gasteiger partial charge in [0.1, 0.15) is 17.4 Å². The summed E-state index contributed by atoms with van der Waals surface area (Å²) in [5, 5.41) is 5.48. The first-order valence-corrected chi connectivity index (χ1v) is 10.2. The Morgan fingerprint density at radius 1 is 1.06 bits per heavy atom. The van der Waals surface area contributed by atoms with Crippen molar-refractivity contribution < 1.29 is 23.8 Å². The van der Waals surface area contributed by atoms with Gasteiger partial charge in [-0.15, -0.1) is 0 Å². The second-order valence-corrected chi connectivity index (χ2v) is 8.32. The Labute approximate surface area is 184 Å². The van der Waals surface area contributed by atoms with E-state index in [1.807, 2.05) is 43.3 Å². The maximum Gasteiger partial charge on any atom is 0.408 e. The van der Waals surface area contributed by atoms with Gasteiger partial charge in [-0.3, -0.25) is 4.79 Å². The number of anilines is 1. The number of amides is 2. The lowest BCUT2D eigenvalue weighted by Gasteiger charge is -2.27. The lowest BCUT2D eigenvalue weighted by Crippen LogP contribution is -2.52. The van der Waals surface area contributed by atoms with Gasteiger partial charge in [0, 0.05) is 0 Å². The van der Waals surface area contributed by atoms with Gasteiger partial charge < -0.3 is 24.8 Å². The summed E-state index contributed by atoms with van der Waals surface area (Å²) in [5.41, 5.74) is 1.74. The quantitative estimate of drug-likeness (QED) is 0.649. The Hall–Kier alpha value is -3.06. The summed E-state index contributed by atoms with van der Waals surface area (Å²) < 4.78 is 16.6. The number of nitrogens with one attached hydrogen (secondary N) is 2. The summed E-state index contributed by atoms with van der Waals surface area (Å²) in [6.45, 7) is 9.22. The predicted octanol–water partition coefficient (Wildman–Crippen LogP) is 4.44. The monoisotopic (exact) mass is 428 g/mol. The molecule has 168 valence electrons. The SMILES string of the molecule is COc1ccc(C)cc1NC(=O)[C@@H](NC(=O)OC(C)(C)C)[C@H](C)OCc1ccccc1. The van der Waals surface area contributed by atoms with Crippen LogP contribution in [0.4, 0.5) is 10.5 Å². The smallest absolute Gasteiger partial charge is 0.408 e. The van der Waals surface area contributed by atoms with E-state index >= 15 is 0 Å². The molecule has 0 radical (unpaired) electrons. The zero-order valence-electron chi connectivity index (χ0n) is 19.0. The molecule has 31 heavy (non-hydrogen) atoms. The molecular formula is C24H32N2O5. The summed E-state index contributed by atoms with van der Waals surface area (Å²) in [5.74, 6) is 0.0862. The van der Waals surface area contributed by atoms with Gasteiger partial charge in [0.05, 0.1) is 25.5 Å². The largest absolute Gasteiger partial charge is 0.495 e. The van der Waals surface area contributed by atoms with Crippen LogP contribution in [-0.2, 0) is 20.9 Å². The van der Waals surface area contributed by atoms with Crippen molar-refractivity contribution in [3.8, 4) is 5.75 Å². The molecule has 0 aliphatic rings. The molecule has 0 unspecified atom stereocenters. The topological polar surface area (TPSA) is 85.9 Å². The number of benzene rings is 2. The first kappa shape index (κ1) is 24.2. The molecule has 0 aliphatic heterocycles. The van der Waals surface area contributed by atoms with Crippen molar-refractivity contribution in [2.45, 2.75) is 59.0 Å². The minimum atomic E-state index is -0.983. The molecule has 0 bridgehead atoms. The number of carbonyl (C=O) groups is 2. The van der Waals surface area contributed by atoms with Gasteiger partial charge in [0.15, 0.2) is 0 Å². The lowest BCUT2D eigenvalue weighted by molar-refractivity contribution is -0.122. The maximum absolute atomic E-state index is 13.1. The summed E-state index contributed by atoms with van der Waals surface area (Å²) in [6, 6.07) is 14.1. The Morgan fingerprint density at radius 3 is 2.35 bits per heavy atom. The standard InChI is InChI=1S/C24H32N2O5/c1-16-12-13-20(29-6)19(14-16)25-22(27)21(26-23(28)31-24(3,4)5)17(2)30-15-18-10-8-7-9-11-18/h7-14,17,21H,15H2,1-6H3,(H,25,27)(H,26,28)/t17-,21-/m0/s1. The molecule has 2 aromatic rings. The van der Waals surface area contributed by atoms with E-state index in [0.717, 1.165) is 11.1 Å². The summed E-state index contributed by atoms with van der Waals surface area (Å²) in [4.78, 5) is 25.5. The average molecular weight is 429 g/mol. The number of hydrogen-bond donors (Lipinski definition) is 2. The molecule has 0 aromatic heterocycles. The Kier molecular flexibility index (Phi) is 8.45. The van der Waals surface area contributed by atoms with Gasteiger partial charge in [-0.25, -0.2) is 4.79 Å². The number of alkyl carbamates (subject to hydrolysis) is 1. The van der Waals surface area contributed by atoms with Crippen molar-refractivity contribution >= 4 is 17.7 Å². The number of aryl methyl sites for hydroxylation is 1. The maximum atomic E-state index is 13.1. The van der Waals surface area contributed by atoms with Gasteiger partial charge in [-0.05, 0) is 57.9 Å². The molecule has 2 aromatic carbocycles. The van der Waals surface area contributed by atoms with E-state index in [1.54, 1.807) is 39.8 Å². The highest BCUT2D eigenvalue weighted by Gasteiger charge is 2.30. The van der Waals surface area contributed by atoms with Gasteiger partial charge in [0.25, 0.3) is 0 Å². The molecule has 7 nitrogen and oxygen atoms in total. The van der Waals surface area contributed by atoms with E-state index in [2.05, 4.69) is 10.6 Å². The highest BCUT2D eigenvalue weighted by atomic mass is 16.6. The van der Waals surface area contributed by atoms with Gasteiger partial charge in [-0.2, -0.15) is 0 Å². The van der Waals surface area contributed by atoms with Gasteiger partial charge in [0.2, 0.25) is 5.91 Å². The number of carbonyl (C=O) groups excluding carboxylic acids is 2. The minimum absolute atomic E-state index is 0.301. The minimum Gasteiger partial charge on any atom is -0.495 e. The Bertz CT molecular complexity index is 877. The van der Waals surface area contributed by atoms with E-state index in [0.29, 0.717) is 18.0 Å². The summed E-state index contributed by atoms with van der Waals surface area (Å²) in [6.07, 6.45) is -1.32. The molecule has 0 saturated heterocycles. The van der Waals surface area contributed by atoms with Gasteiger partial charge >= 0.3 is 6.09 Å². The lowest BCUT2D eigenvalue weighted by atomic mass is 10.1. The van der Waals surface area contributed by atoms with Crippen LogP contribution in [0, 0.1) is 6.92 Å². The molecule has 0 spiro atoms. The molecule has 0 heterocycles. The van der Waals surface area contributed by atoms with E-state index in [1.165, 1.54) is 7.11 Å². The Morgan fingerprint density at radius 2 is 1.74 bits per heavy atom. The van der Waals surface area contributed by atoms with Crippen LogP contribution in [0.15, 0.2) is 48.5 Å². The van der Waals surface area contributed by atoms with Crippen molar-refractivity contribution in [3.05, 3.63) is 59.7 Å². The number of methoxy groups -OCH3 is 1. The number of hydrogen-bond acceptors (Lipinski definition) is 5. The molecule has 2 N–H and O–H groups in total. The Balaban J connectivity index is 2.18. The third kappa shape index (κ3) is 7.94. The third-order valence-electron chi connectivity index (χ3n) is 4.39. The molecule has 2 amide bonds. The molecule has 0 saturated carbocycles. The second-order valence-electron chi connectivity index (χ2n) is 8.32. The highest BCUT2D eigenvalue weighted by molar-refractivity contribution is 5.98. The number of ether oxygens (including phenoxy) is 3. The second kappa shape index (κ2) is 10.8. The summed E-state index contributed by atoms with van der Waals surface area (Å²) in [7, 11) is 1.53. The van der Waals surface area contributed by atoms with Crippen LogP contribution in [0.3, 0.4) is 0 Å². The van der Waals surface area contributed by atoms with Crippen molar-refractivity contribution in [3.63, 3.8) is 0 Å². The van der Waals surface area contributed by atoms with Crippen LogP contribution in [0.2, 0.25) is 0 Å². The van der Waals surface area contributed by atoms with Crippen molar-refractivity contribution in [2.75, 3.05) is 12.4 Å². The van der Waals surface area contributed by atoms with Crippen LogP contribution in [0.25, 0.3) is 0 Å². The number of rotatable bonds is 8. The first-order valence-electron chi connectivity index (χ1n) is 10.2. The fourth-order valence-corrected chi connectivity index (χ4v) is 2.86. The predicted molar refractivity (Wildman–Crippen MR) is 120 cm³/mol. The third-order valence-corrected chi connectivity index (χ3v) is 4.39. The molecular weight excluding hydrogens is 396 g/mol. The van der Waals surface area contributed by atoms with Crippen LogP contribution in [0.1, 0.15) is 38.8 Å². The molecule has 2 rings (SSSR count). The van der Waals surface area contributed by atoms with Crippen LogP contribution in [0.5, 0.6) is 5.75 Å². The van der Waals surface area contributed by atoms with E-state index in [-0.39, 0.29) is 0 Å². The van der Waals surface area contributed by atoms with E-state index in [9.17, 15) is 9.59 Å². The summed E-state index contributed by atoms with van der Waals surface area (Å²) >= 11 is 0. The van der Waals surface area contributed by atoms with Crippen LogP contribution >= 0.6 is 0 Å². The van der Waals surface area contributed by atoms with Gasteiger partial charge in [-0.1, -0.05) is 36.4 Å². The van der Waals surface area contributed by atoms with Crippen LogP contribution < -0.4 is 15.4 Å². The van der Waals surface area contributed by atoms with Crippen LogP contribution in [-0.4, -0.2) is 36.9 Å². The molecule has 2 atom stereocenters. The highest BCUT2D eigenvalue weighted by Crippen LogP contribution is 2.25. The van der Waals surface area contributed by atoms with Crippen molar-refractivity contribution in [1.82, 2.24) is 5.32 Å². The van der Waals surface area contributed by atoms with Crippen molar-refractivity contribution in [1.29, 1.82) is 0 Å². The normalized spacial score (nSPS) is 13.1. The van der Waals surface area contributed by atoms with E-state index < -0.39 is 29.7 Å². The van der Waals surface area contributed by atoms with Crippen molar-refractivity contribution in [2.24, 2.45) is 0 Å². The fraction of sp³-hybridized carbons (Fsp3) is 0.417. The fourth-order valence-electron chi connectivity index (χ4n) is 2.86. The molecule has 0 fully saturated rings. The average Bonchev–Trinajstić information content (AvgIpc) is 2.70. The van der Waals surface area contributed by atoms with E-state index in [4.69, 9.17) is 14.2 Å². The molecule has 7 heteroatoms. The first-order chi connectivity index (χ1) is 14.6. The zero-order chi connectivity index (χ0) is 23.0. The molecule has 0 aliphatic carbocycles. The zero-order valence-corrected chi connectivity index (χ0v) is 19.0.